The molecular weight excluding hydrogens is 261 g/mol. The minimum atomic E-state index is -0.669. The quantitative estimate of drug-likeness (QED) is 0.857. The van der Waals surface area contributed by atoms with Crippen LogP contribution in [0.3, 0.4) is 0 Å². The van der Waals surface area contributed by atoms with E-state index in [-0.39, 0.29) is 36.7 Å². The highest BCUT2D eigenvalue weighted by molar-refractivity contribution is 5.82. The number of carbonyl (C=O) groups is 1. The van der Waals surface area contributed by atoms with E-state index in [1.165, 1.54) is 24.1 Å². The Balaban J connectivity index is 1.87. The first-order valence-electron chi connectivity index (χ1n) is 6.70. The Kier molecular flexibility index (Phi) is 4.73. The van der Waals surface area contributed by atoms with E-state index in [0.717, 1.165) is 12.0 Å². The first-order chi connectivity index (χ1) is 9.52. The average molecular weight is 281 g/mol. The first-order valence-corrected chi connectivity index (χ1v) is 6.70. The predicted octanol–water partition coefficient (Wildman–Crippen LogP) is 1.39. The van der Waals surface area contributed by atoms with Gasteiger partial charge in [-0.05, 0) is 30.0 Å². The van der Waals surface area contributed by atoms with Crippen LogP contribution in [0.5, 0.6) is 0 Å². The smallest absolute Gasteiger partial charge is 0.226 e. The Morgan fingerprint density at radius 3 is 2.75 bits per heavy atom. The van der Waals surface area contributed by atoms with Gasteiger partial charge in [-0.25, -0.2) is 4.39 Å². The molecule has 0 heterocycles. The summed E-state index contributed by atoms with van der Waals surface area (Å²) in [5, 5.41) is 9.62. The third kappa shape index (κ3) is 3.55. The van der Waals surface area contributed by atoms with Crippen molar-refractivity contribution < 1.29 is 19.0 Å². The Labute approximate surface area is 118 Å². The number of aliphatic hydroxyl groups excluding tert-OH is 1. The zero-order chi connectivity index (χ0) is 14.7. The summed E-state index contributed by atoms with van der Waals surface area (Å²) in [5.41, 5.74) is 0.996. The number of halogens is 1. The molecule has 1 aliphatic rings. The maximum absolute atomic E-state index is 12.9. The van der Waals surface area contributed by atoms with Gasteiger partial charge in [-0.2, -0.15) is 0 Å². The maximum Gasteiger partial charge on any atom is 0.226 e. The molecule has 3 atom stereocenters. The summed E-state index contributed by atoms with van der Waals surface area (Å²) in [6.45, 7) is 0.475. The summed E-state index contributed by atoms with van der Waals surface area (Å²) in [7, 11) is 3.19. The van der Waals surface area contributed by atoms with Crippen LogP contribution in [0, 0.1) is 11.7 Å². The average Bonchev–Trinajstić information content (AvgIpc) is 3.19. The molecule has 0 unspecified atom stereocenters. The fraction of sp³-hybridized carbons (Fsp3) is 0.533. The van der Waals surface area contributed by atoms with Gasteiger partial charge in [-0.1, -0.05) is 12.1 Å². The molecule has 1 amide bonds. The van der Waals surface area contributed by atoms with Crippen LogP contribution >= 0.6 is 0 Å². The number of nitrogens with zero attached hydrogens (tertiary/aromatic N) is 1. The lowest BCUT2D eigenvalue weighted by molar-refractivity contribution is -0.133. The molecule has 1 aromatic rings. The summed E-state index contributed by atoms with van der Waals surface area (Å²) in [4.78, 5) is 13.7. The van der Waals surface area contributed by atoms with Gasteiger partial charge in [0.15, 0.2) is 0 Å². The van der Waals surface area contributed by atoms with Crippen molar-refractivity contribution in [3.63, 3.8) is 0 Å². The highest BCUT2D eigenvalue weighted by Gasteiger charge is 2.45. The molecule has 20 heavy (non-hydrogen) atoms. The summed E-state index contributed by atoms with van der Waals surface area (Å²) in [6.07, 6.45) is 0.117. The van der Waals surface area contributed by atoms with Crippen molar-refractivity contribution in [2.75, 3.05) is 27.3 Å². The van der Waals surface area contributed by atoms with Gasteiger partial charge in [0.25, 0.3) is 0 Å². The van der Waals surface area contributed by atoms with Crippen molar-refractivity contribution in [2.24, 2.45) is 5.92 Å². The van der Waals surface area contributed by atoms with E-state index in [4.69, 9.17) is 4.74 Å². The van der Waals surface area contributed by atoms with Crippen LogP contribution in [0.15, 0.2) is 24.3 Å². The van der Waals surface area contributed by atoms with Gasteiger partial charge < -0.3 is 14.7 Å². The zero-order valence-electron chi connectivity index (χ0n) is 11.8. The van der Waals surface area contributed by atoms with Gasteiger partial charge in [0.1, 0.15) is 5.82 Å². The third-order valence-corrected chi connectivity index (χ3v) is 3.63. The maximum atomic E-state index is 12.9. The number of rotatable bonds is 6. The molecule has 110 valence electrons. The number of likely N-dealkylation sites (N-methyl/N-ethyl adjacent to an activating group) is 1. The van der Waals surface area contributed by atoms with E-state index in [0.29, 0.717) is 0 Å². The second kappa shape index (κ2) is 6.33. The molecule has 0 spiro atoms. The Morgan fingerprint density at radius 1 is 1.50 bits per heavy atom. The molecule has 0 bridgehead atoms. The highest BCUT2D eigenvalue weighted by atomic mass is 19.1. The normalized spacial score (nSPS) is 22.4. The number of benzene rings is 1. The van der Waals surface area contributed by atoms with Crippen molar-refractivity contribution >= 4 is 5.91 Å². The third-order valence-electron chi connectivity index (χ3n) is 3.63. The molecule has 1 saturated carbocycles. The standard InChI is InChI=1S/C15H20FNO3/c1-17(8-12(18)9-20-2)15(19)14-7-13(14)10-3-5-11(16)6-4-10/h3-6,12-14,18H,7-9H2,1-2H3/t12-,13-,14+/m1/s1. The molecule has 0 radical (unpaired) electrons. The summed E-state index contributed by atoms with van der Waals surface area (Å²) in [5.74, 6) is -0.128. The molecule has 5 heteroatoms. The van der Waals surface area contributed by atoms with Crippen molar-refractivity contribution in [3.05, 3.63) is 35.6 Å². The SMILES string of the molecule is COC[C@H](O)CN(C)C(=O)[C@H]1C[C@@H]1c1ccc(F)cc1. The lowest BCUT2D eigenvalue weighted by atomic mass is 10.1. The number of methoxy groups -OCH3 is 1. The van der Waals surface area contributed by atoms with Crippen LogP contribution in [0.1, 0.15) is 17.9 Å². The number of aliphatic hydroxyl groups is 1. The van der Waals surface area contributed by atoms with Crippen molar-refractivity contribution in [1.29, 1.82) is 0 Å². The molecule has 4 nitrogen and oxygen atoms in total. The fourth-order valence-corrected chi connectivity index (χ4v) is 2.48. The Hall–Kier alpha value is -1.46. The number of ether oxygens (including phenoxy) is 1. The Bertz CT molecular complexity index is 463. The number of amides is 1. The molecule has 0 aliphatic heterocycles. The summed E-state index contributed by atoms with van der Waals surface area (Å²) >= 11 is 0. The van der Waals surface area contributed by atoms with Gasteiger partial charge in [0, 0.05) is 26.6 Å². The lowest BCUT2D eigenvalue weighted by Crippen LogP contribution is -2.37. The van der Waals surface area contributed by atoms with E-state index in [2.05, 4.69) is 0 Å². The molecule has 1 fully saturated rings. The van der Waals surface area contributed by atoms with Crippen LogP contribution in [0.2, 0.25) is 0 Å². The minimum absolute atomic E-state index is 0.0227. The molecular formula is C15H20FNO3. The van der Waals surface area contributed by atoms with Crippen molar-refractivity contribution in [1.82, 2.24) is 4.90 Å². The second-order valence-corrected chi connectivity index (χ2v) is 5.33. The van der Waals surface area contributed by atoms with Crippen LogP contribution < -0.4 is 0 Å². The number of hydrogen-bond acceptors (Lipinski definition) is 3. The highest BCUT2D eigenvalue weighted by Crippen LogP contribution is 2.48. The monoisotopic (exact) mass is 281 g/mol. The van der Waals surface area contributed by atoms with Crippen molar-refractivity contribution in [3.8, 4) is 0 Å². The Morgan fingerprint density at radius 2 is 2.15 bits per heavy atom. The van der Waals surface area contributed by atoms with E-state index in [9.17, 15) is 14.3 Å². The second-order valence-electron chi connectivity index (χ2n) is 5.33. The van der Waals surface area contributed by atoms with Gasteiger partial charge in [0.2, 0.25) is 5.91 Å². The molecule has 1 aromatic carbocycles. The zero-order valence-corrected chi connectivity index (χ0v) is 11.8. The van der Waals surface area contributed by atoms with Crippen LogP contribution in [-0.2, 0) is 9.53 Å². The topological polar surface area (TPSA) is 49.8 Å². The van der Waals surface area contributed by atoms with E-state index in [1.54, 1.807) is 19.2 Å². The van der Waals surface area contributed by atoms with E-state index in [1.807, 2.05) is 0 Å². The number of carbonyl (C=O) groups excluding carboxylic acids is 1. The summed E-state index contributed by atoms with van der Waals surface area (Å²) in [6, 6.07) is 6.29. The largest absolute Gasteiger partial charge is 0.389 e. The molecule has 1 N–H and O–H groups in total. The fourth-order valence-electron chi connectivity index (χ4n) is 2.48. The number of hydrogen-bond donors (Lipinski definition) is 1. The molecule has 1 aliphatic carbocycles. The van der Waals surface area contributed by atoms with Crippen molar-refractivity contribution in [2.45, 2.75) is 18.4 Å². The van der Waals surface area contributed by atoms with Crippen LogP contribution in [-0.4, -0.2) is 49.3 Å². The predicted molar refractivity (Wildman–Crippen MR) is 72.8 cm³/mol. The van der Waals surface area contributed by atoms with Crippen LogP contribution in [0.25, 0.3) is 0 Å². The van der Waals surface area contributed by atoms with Crippen LogP contribution in [0.4, 0.5) is 4.39 Å². The van der Waals surface area contributed by atoms with E-state index >= 15 is 0 Å². The van der Waals surface area contributed by atoms with E-state index < -0.39 is 6.10 Å². The first kappa shape index (κ1) is 14.9. The minimum Gasteiger partial charge on any atom is -0.389 e. The van der Waals surface area contributed by atoms with Gasteiger partial charge in [-0.15, -0.1) is 0 Å². The molecule has 2 rings (SSSR count). The lowest BCUT2D eigenvalue weighted by Gasteiger charge is -2.20. The van der Waals surface area contributed by atoms with Gasteiger partial charge in [-0.3, -0.25) is 4.79 Å². The molecule has 0 saturated heterocycles. The molecule has 0 aromatic heterocycles. The summed E-state index contributed by atoms with van der Waals surface area (Å²) < 4.78 is 17.7. The van der Waals surface area contributed by atoms with Gasteiger partial charge >= 0.3 is 0 Å². The van der Waals surface area contributed by atoms with Gasteiger partial charge in [0.05, 0.1) is 12.7 Å².